The zero-order chi connectivity index (χ0) is 16.9. The van der Waals surface area contributed by atoms with Crippen LogP contribution in [-0.4, -0.2) is 52.9 Å². The van der Waals surface area contributed by atoms with Crippen LogP contribution in [0.1, 0.15) is 23.4 Å². The Morgan fingerprint density at radius 2 is 2.46 bits per heavy atom. The molecule has 0 aromatic carbocycles. The molecule has 1 N–H and O–H groups in total. The summed E-state index contributed by atoms with van der Waals surface area (Å²) in [5.74, 6) is 0.0616. The van der Waals surface area contributed by atoms with Crippen LogP contribution in [0.2, 0.25) is 0 Å². The van der Waals surface area contributed by atoms with Gasteiger partial charge in [-0.15, -0.1) is 11.3 Å². The van der Waals surface area contributed by atoms with Crippen LogP contribution in [0, 0.1) is 6.92 Å². The van der Waals surface area contributed by atoms with Crippen LogP contribution in [0.3, 0.4) is 0 Å². The summed E-state index contributed by atoms with van der Waals surface area (Å²) < 4.78 is 7.72. The van der Waals surface area contributed by atoms with E-state index in [1.807, 2.05) is 48.4 Å². The normalized spacial score (nSPS) is 20.0. The second kappa shape index (κ2) is 7.92. The zero-order valence-electron chi connectivity index (χ0n) is 14.1. The number of carbonyl (C=O) groups excluding carboxylic acids is 1. The van der Waals surface area contributed by atoms with E-state index in [1.165, 1.54) is 4.88 Å². The van der Waals surface area contributed by atoms with E-state index < -0.39 is 0 Å². The van der Waals surface area contributed by atoms with Gasteiger partial charge in [-0.1, -0.05) is 6.07 Å². The monoisotopic (exact) mass is 348 g/mol. The Labute approximate surface area is 146 Å². The molecule has 0 spiro atoms. The molecule has 1 saturated heterocycles. The van der Waals surface area contributed by atoms with Crippen molar-refractivity contribution >= 4 is 17.2 Å². The molecule has 1 fully saturated rings. The lowest BCUT2D eigenvalue weighted by Gasteiger charge is -2.32. The van der Waals surface area contributed by atoms with Gasteiger partial charge in [0.1, 0.15) is 0 Å². The van der Waals surface area contributed by atoms with Crippen LogP contribution in [0.15, 0.2) is 29.9 Å². The molecule has 3 heterocycles. The number of nitrogens with zero attached hydrogens (tertiary/aromatic N) is 3. The summed E-state index contributed by atoms with van der Waals surface area (Å²) in [7, 11) is 0. The summed E-state index contributed by atoms with van der Waals surface area (Å²) >= 11 is 1.66. The summed E-state index contributed by atoms with van der Waals surface area (Å²) in [6.07, 6.45) is 3.93. The van der Waals surface area contributed by atoms with E-state index in [4.69, 9.17) is 4.74 Å². The van der Waals surface area contributed by atoms with Gasteiger partial charge < -0.3 is 10.1 Å². The molecule has 1 amide bonds. The van der Waals surface area contributed by atoms with Crippen molar-refractivity contribution < 1.29 is 9.53 Å². The number of carbonyl (C=O) groups is 1. The van der Waals surface area contributed by atoms with Crippen LogP contribution in [0.4, 0.5) is 0 Å². The molecule has 0 saturated carbocycles. The Hall–Kier alpha value is -1.70. The molecule has 0 bridgehead atoms. The van der Waals surface area contributed by atoms with Gasteiger partial charge in [-0.25, -0.2) is 0 Å². The quantitative estimate of drug-likeness (QED) is 0.865. The third-order valence-corrected chi connectivity index (χ3v) is 5.15. The second-order valence-corrected chi connectivity index (χ2v) is 7.25. The number of aromatic nitrogens is 2. The number of hydrogen-bond acceptors (Lipinski definition) is 5. The van der Waals surface area contributed by atoms with Gasteiger partial charge in [-0.2, -0.15) is 5.10 Å². The Morgan fingerprint density at radius 1 is 1.58 bits per heavy atom. The van der Waals surface area contributed by atoms with Gasteiger partial charge in [0.2, 0.25) is 5.91 Å². The summed E-state index contributed by atoms with van der Waals surface area (Å²) in [5.41, 5.74) is 1.14. The maximum absolute atomic E-state index is 12.3. The Bertz CT molecular complexity index is 655. The fourth-order valence-electron chi connectivity index (χ4n) is 2.91. The summed E-state index contributed by atoms with van der Waals surface area (Å²) in [5, 5.41) is 9.40. The highest BCUT2D eigenvalue weighted by Gasteiger charge is 2.23. The van der Waals surface area contributed by atoms with Crippen molar-refractivity contribution in [2.24, 2.45) is 0 Å². The zero-order valence-corrected chi connectivity index (χ0v) is 15.0. The van der Waals surface area contributed by atoms with Gasteiger partial charge >= 0.3 is 0 Å². The molecule has 3 rings (SSSR count). The largest absolute Gasteiger partial charge is 0.374 e. The van der Waals surface area contributed by atoms with Crippen molar-refractivity contribution in [2.75, 3.05) is 26.2 Å². The average Bonchev–Trinajstić information content (AvgIpc) is 3.19. The smallest absolute Gasteiger partial charge is 0.234 e. The Kier molecular flexibility index (Phi) is 5.65. The van der Waals surface area contributed by atoms with Crippen LogP contribution in [-0.2, 0) is 16.1 Å². The molecular formula is C17H24N4O2S. The van der Waals surface area contributed by atoms with Gasteiger partial charge in [-0.05, 0) is 30.9 Å². The van der Waals surface area contributed by atoms with E-state index in [9.17, 15) is 4.79 Å². The van der Waals surface area contributed by atoms with E-state index in [0.29, 0.717) is 13.2 Å². The first-order valence-corrected chi connectivity index (χ1v) is 9.14. The number of morpholine rings is 1. The average molecular weight is 348 g/mol. The van der Waals surface area contributed by atoms with E-state index in [2.05, 4.69) is 15.3 Å². The predicted octanol–water partition coefficient (Wildman–Crippen LogP) is 1.83. The molecule has 0 radical (unpaired) electrons. The minimum atomic E-state index is 0.0568. The topological polar surface area (TPSA) is 59.4 Å². The third-order valence-electron chi connectivity index (χ3n) is 4.09. The summed E-state index contributed by atoms with van der Waals surface area (Å²) in [4.78, 5) is 15.6. The number of aryl methyl sites for hydroxylation is 1. The van der Waals surface area contributed by atoms with Gasteiger partial charge in [-0.3, -0.25) is 14.4 Å². The summed E-state index contributed by atoms with van der Waals surface area (Å²) in [6, 6.07) is 4.11. The number of ether oxygens (including phenoxy) is 1. The van der Waals surface area contributed by atoms with Crippen molar-refractivity contribution in [3.8, 4) is 0 Å². The number of thiophene rings is 1. The lowest BCUT2D eigenvalue weighted by Crippen LogP contribution is -2.48. The standard InChI is InChI=1S/C17H24N4O2S/c1-13-8-18-21(9-13)11-15-10-20(5-6-23-15)12-17(22)19-14(2)16-4-3-7-24-16/h3-4,7-9,14-15H,5-6,10-12H2,1-2H3,(H,19,22)/t14-,15-/m0/s1. The molecule has 1 aliphatic rings. The molecule has 0 unspecified atom stereocenters. The lowest BCUT2D eigenvalue weighted by molar-refractivity contribution is -0.125. The number of hydrogen-bond donors (Lipinski definition) is 1. The van der Waals surface area contributed by atoms with Crippen molar-refractivity contribution in [3.63, 3.8) is 0 Å². The molecule has 130 valence electrons. The molecular weight excluding hydrogens is 324 g/mol. The number of nitrogens with one attached hydrogen (secondary N) is 1. The van der Waals surface area contributed by atoms with Crippen molar-refractivity contribution in [3.05, 3.63) is 40.3 Å². The Morgan fingerprint density at radius 3 is 3.17 bits per heavy atom. The first-order valence-electron chi connectivity index (χ1n) is 8.26. The van der Waals surface area contributed by atoms with E-state index >= 15 is 0 Å². The lowest BCUT2D eigenvalue weighted by atomic mass is 10.2. The molecule has 2 atom stereocenters. The highest BCUT2D eigenvalue weighted by Crippen LogP contribution is 2.18. The molecule has 24 heavy (non-hydrogen) atoms. The first kappa shape index (κ1) is 17.1. The van der Waals surface area contributed by atoms with Crippen LogP contribution in [0.25, 0.3) is 0 Å². The van der Waals surface area contributed by atoms with Crippen LogP contribution < -0.4 is 5.32 Å². The van der Waals surface area contributed by atoms with Gasteiger partial charge in [0.25, 0.3) is 0 Å². The second-order valence-electron chi connectivity index (χ2n) is 6.27. The van der Waals surface area contributed by atoms with Gasteiger partial charge in [0.05, 0.1) is 38.0 Å². The van der Waals surface area contributed by atoms with Gasteiger partial charge in [0.15, 0.2) is 0 Å². The van der Waals surface area contributed by atoms with E-state index in [1.54, 1.807) is 11.3 Å². The van der Waals surface area contributed by atoms with Crippen molar-refractivity contribution in [2.45, 2.75) is 32.5 Å². The maximum Gasteiger partial charge on any atom is 0.234 e. The van der Waals surface area contributed by atoms with Crippen molar-refractivity contribution in [1.29, 1.82) is 0 Å². The third kappa shape index (κ3) is 4.66. The molecule has 6 nitrogen and oxygen atoms in total. The molecule has 2 aromatic rings. The highest BCUT2D eigenvalue weighted by atomic mass is 32.1. The molecule has 7 heteroatoms. The van der Waals surface area contributed by atoms with Crippen LogP contribution >= 0.6 is 11.3 Å². The summed E-state index contributed by atoms with van der Waals surface area (Å²) in [6.45, 7) is 7.36. The molecule has 2 aromatic heterocycles. The fourth-order valence-corrected chi connectivity index (χ4v) is 3.64. The van der Waals surface area contributed by atoms with E-state index in [-0.39, 0.29) is 18.1 Å². The number of rotatable bonds is 6. The minimum Gasteiger partial charge on any atom is -0.374 e. The molecule has 1 aliphatic heterocycles. The minimum absolute atomic E-state index is 0.0568. The van der Waals surface area contributed by atoms with Gasteiger partial charge in [0, 0.05) is 24.2 Å². The SMILES string of the molecule is Cc1cnn(C[C@@H]2CN(CC(=O)N[C@@H](C)c3cccs3)CCO2)c1. The Balaban J connectivity index is 1.47. The fraction of sp³-hybridized carbons (Fsp3) is 0.529. The highest BCUT2D eigenvalue weighted by molar-refractivity contribution is 7.10. The first-order chi connectivity index (χ1) is 11.6. The maximum atomic E-state index is 12.3. The molecule has 0 aliphatic carbocycles. The van der Waals surface area contributed by atoms with Crippen LogP contribution in [0.5, 0.6) is 0 Å². The predicted molar refractivity (Wildman–Crippen MR) is 94.0 cm³/mol. The number of amides is 1. The van der Waals surface area contributed by atoms with E-state index in [0.717, 1.165) is 25.2 Å². The van der Waals surface area contributed by atoms with Crippen molar-refractivity contribution in [1.82, 2.24) is 20.0 Å².